The number of carbonyl (C=O) groups is 2. The number of amides is 2. The molecule has 3 aromatic rings. The van der Waals surface area contributed by atoms with Crippen LogP contribution in [-0.2, 0) is 11.3 Å². The number of ether oxygens (including phenoxy) is 2. The molecule has 2 amide bonds. The number of aromatic nitrogens is 3. The van der Waals surface area contributed by atoms with E-state index in [9.17, 15) is 9.59 Å². The molecule has 0 radical (unpaired) electrons. The normalized spacial score (nSPS) is 16.6. The fourth-order valence-electron chi connectivity index (χ4n) is 4.36. The Morgan fingerprint density at radius 3 is 2.77 bits per heavy atom. The number of rotatable bonds is 11. The Balaban J connectivity index is 1.12. The van der Waals surface area contributed by atoms with Crippen LogP contribution in [0.1, 0.15) is 64.6 Å². The molecule has 1 atom stereocenters. The molecule has 2 fully saturated rings. The van der Waals surface area contributed by atoms with Crippen LogP contribution in [0.25, 0.3) is 6.08 Å². The highest BCUT2D eigenvalue weighted by molar-refractivity contribution is 6.31. The van der Waals surface area contributed by atoms with Crippen LogP contribution in [0.2, 0.25) is 5.02 Å². The van der Waals surface area contributed by atoms with E-state index in [1.165, 1.54) is 25.1 Å². The summed E-state index contributed by atoms with van der Waals surface area (Å²) in [6.07, 6.45) is 13.0. The first kappa shape index (κ1) is 27.9. The first-order valence-electron chi connectivity index (χ1n) is 13.7. The molecule has 2 N–H and O–H groups in total. The highest BCUT2D eigenvalue weighted by atomic mass is 35.5. The van der Waals surface area contributed by atoms with Crippen molar-refractivity contribution in [1.29, 1.82) is 0 Å². The fraction of sp³-hybridized carbons (Fsp3) is 0.400. The van der Waals surface area contributed by atoms with Crippen LogP contribution >= 0.6 is 11.6 Å². The lowest BCUT2D eigenvalue weighted by molar-refractivity contribution is 0.0694. The van der Waals surface area contributed by atoms with E-state index in [0.717, 1.165) is 36.3 Å². The van der Waals surface area contributed by atoms with Gasteiger partial charge in [-0.3, -0.25) is 19.3 Å². The molecular formula is C30H34ClN5O4. The summed E-state index contributed by atoms with van der Waals surface area (Å²) in [6, 6.07) is 8.70. The van der Waals surface area contributed by atoms with Gasteiger partial charge < -0.3 is 20.1 Å². The zero-order valence-electron chi connectivity index (χ0n) is 22.5. The summed E-state index contributed by atoms with van der Waals surface area (Å²) in [7, 11) is 0. The van der Waals surface area contributed by atoms with Crippen LogP contribution < -0.4 is 15.4 Å². The Kier molecular flexibility index (Phi) is 9.13. The van der Waals surface area contributed by atoms with Crippen molar-refractivity contribution in [3.05, 3.63) is 82.4 Å². The zero-order valence-corrected chi connectivity index (χ0v) is 23.3. The van der Waals surface area contributed by atoms with Gasteiger partial charge in [0.1, 0.15) is 11.4 Å². The Hall–Kier alpha value is -3.69. The van der Waals surface area contributed by atoms with Crippen molar-refractivity contribution in [2.45, 2.75) is 51.2 Å². The smallest absolute Gasteiger partial charge is 0.270 e. The molecule has 5 rings (SSSR count). The number of halogens is 1. The monoisotopic (exact) mass is 563 g/mol. The quantitative estimate of drug-likeness (QED) is 0.355. The third-order valence-corrected chi connectivity index (χ3v) is 7.29. The second-order valence-corrected chi connectivity index (χ2v) is 10.8. The molecule has 0 spiro atoms. The second-order valence-electron chi connectivity index (χ2n) is 10.4. The van der Waals surface area contributed by atoms with E-state index in [0.29, 0.717) is 36.3 Å². The molecule has 1 saturated carbocycles. The molecular weight excluding hydrogens is 530 g/mol. The first-order valence-corrected chi connectivity index (χ1v) is 14.1. The van der Waals surface area contributed by atoms with Gasteiger partial charge in [0.25, 0.3) is 11.8 Å². The van der Waals surface area contributed by atoms with Gasteiger partial charge in [0.15, 0.2) is 0 Å². The van der Waals surface area contributed by atoms with E-state index in [-0.39, 0.29) is 29.6 Å². The average Bonchev–Trinajstić information content (AvgIpc) is 3.69. The van der Waals surface area contributed by atoms with Crippen LogP contribution in [0.15, 0.2) is 55.0 Å². The summed E-state index contributed by atoms with van der Waals surface area (Å²) in [4.78, 5) is 29.5. The molecule has 10 heteroatoms. The summed E-state index contributed by atoms with van der Waals surface area (Å²) in [5.41, 5.74) is 2.45. The number of nitrogens with one attached hydrogen (secondary N) is 2. The molecule has 0 bridgehead atoms. The molecule has 3 heterocycles. The Morgan fingerprint density at radius 1 is 1.18 bits per heavy atom. The predicted molar refractivity (Wildman–Crippen MR) is 153 cm³/mol. The van der Waals surface area contributed by atoms with E-state index < -0.39 is 0 Å². The molecule has 1 aliphatic carbocycles. The van der Waals surface area contributed by atoms with Crippen molar-refractivity contribution in [2.24, 2.45) is 5.92 Å². The molecule has 210 valence electrons. The number of hydrogen-bond acceptors (Lipinski definition) is 6. The SMILES string of the molecule is C[C@@H](/C=C/c1cnn(Cc2ccc(OCC3CC3)cc2Cl)c1)NC(=O)c1ccnc(C(=O)NC2CCOCC2)c1. The zero-order chi connectivity index (χ0) is 27.9. The van der Waals surface area contributed by atoms with Gasteiger partial charge in [-0.25, -0.2) is 0 Å². The summed E-state index contributed by atoms with van der Waals surface area (Å²) in [5.74, 6) is 0.913. The van der Waals surface area contributed by atoms with Crippen LogP contribution in [0.3, 0.4) is 0 Å². The second kappa shape index (κ2) is 13.1. The summed E-state index contributed by atoms with van der Waals surface area (Å²) in [5, 5.41) is 11.0. The van der Waals surface area contributed by atoms with Gasteiger partial charge in [-0.2, -0.15) is 5.10 Å². The van der Waals surface area contributed by atoms with Crippen molar-refractivity contribution >= 4 is 29.5 Å². The maximum absolute atomic E-state index is 12.8. The Morgan fingerprint density at radius 2 is 2.00 bits per heavy atom. The Labute approximate surface area is 238 Å². The van der Waals surface area contributed by atoms with Gasteiger partial charge in [-0.15, -0.1) is 0 Å². The largest absolute Gasteiger partial charge is 0.493 e. The van der Waals surface area contributed by atoms with E-state index in [4.69, 9.17) is 21.1 Å². The minimum Gasteiger partial charge on any atom is -0.493 e. The van der Waals surface area contributed by atoms with Crippen LogP contribution in [-0.4, -0.2) is 58.5 Å². The lowest BCUT2D eigenvalue weighted by atomic mass is 10.1. The van der Waals surface area contributed by atoms with E-state index in [1.807, 2.05) is 48.2 Å². The van der Waals surface area contributed by atoms with Crippen molar-refractivity contribution in [2.75, 3.05) is 19.8 Å². The third kappa shape index (κ3) is 7.92. The summed E-state index contributed by atoms with van der Waals surface area (Å²) in [6.45, 7) is 4.43. The predicted octanol–water partition coefficient (Wildman–Crippen LogP) is 4.51. The van der Waals surface area contributed by atoms with Crippen molar-refractivity contribution in [3.63, 3.8) is 0 Å². The fourth-order valence-corrected chi connectivity index (χ4v) is 4.59. The standard InChI is InChI=1S/C30H34ClN5O4/c1-20(34-29(37)23-8-11-32-28(14-23)30(38)35-25-9-12-39-13-10-25)2-3-22-16-33-36(17-22)18-24-6-7-26(15-27(24)31)40-19-21-4-5-21/h2-3,6-8,11,14-17,20-21,25H,4-5,9-10,12-13,18-19H2,1H3,(H,34,37)(H,35,38)/b3-2+/t20-/m0/s1. The maximum Gasteiger partial charge on any atom is 0.270 e. The number of benzene rings is 1. The summed E-state index contributed by atoms with van der Waals surface area (Å²) < 4.78 is 13.0. The van der Waals surface area contributed by atoms with E-state index in [2.05, 4.69) is 20.7 Å². The molecule has 1 saturated heterocycles. The highest BCUT2D eigenvalue weighted by Crippen LogP contribution is 2.30. The molecule has 2 aromatic heterocycles. The maximum atomic E-state index is 12.8. The number of nitrogens with zero attached hydrogens (tertiary/aromatic N) is 3. The minimum absolute atomic E-state index is 0.0591. The topological polar surface area (TPSA) is 107 Å². The third-order valence-electron chi connectivity index (χ3n) is 6.94. The first-order chi connectivity index (χ1) is 19.4. The number of pyridine rings is 1. The van der Waals surface area contributed by atoms with Crippen LogP contribution in [0, 0.1) is 5.92 Å². The van der Waals surface area contributed by atoms with Gasteiger partial charge >= 0.3 is 0 Å². The molecule has 1 aliphatic heterocycles. The average molecular weight is 564 g/mol. The number of carbonyl (C=O) groups excluding carboxylic acids is 2. The lowest BCUT2D eigenvalue weighted by Gasteiger charge is -2.22. The van der Waals surface area contributed by atoms with E-state index >= 15 is 0 Å². The summed E-state index contributed by atoms with van der Waals surface area (Å²) >= 11 is 6.48. The number of hydrogen-bond donors (Lipinski definition) is 2. The van der Waals surface area contributed by atoms with Crippen LogP contribution in [0.4, 0.5) is 0 Å². The van der Waals surface area contributed by atoms with Crippen molar-refractivity contribution in [3.8, 4) is 5.75 Å². The lowest BCUT2D eigenvalue weighted by Crippen LogP contribution is -2.39. The van der Waals surface area contributed by atoms with Gasteiger partial charge in [0.2, 0.25) is 0 Å². The van der Waals surface area contributed by atoms with Crippen molar-refractivity contribution < 1.29 is 19.1 Å². The van der Waals surface area contributed by atoms with Gasteiger partial charge in [-0.05, 0) is 68.4 Å². The molecule has 0 unspecified atom stereocenters. The highest BCUT2D eigenvalue weighted by Gasteiger charge is 2.22. The molecule has 1 aromatic carbocycles. The van der Waals surface area contributed by atoms with Gasteiger partial charge in [-0.1, -0.05) is 29.8 Å². The van der Waals surface area contributed by atoms with E-state index in [1.54, 1.807) is 12.3 Å². The van der Waals surface area contributed by atoms with Crippen molar-refractivity contribution in [1.82, 2.24) is 25.4 Å². The van der Waals surface area contributed by atoms with Gasteiger partial charge in [0.05, 0.1) is 19.3 Å². The van der Waals surface area contributed by atoms with Gasteiger partial charge in [0, 0.05) is 53.8 Å². The van der Waals surface area contributed by atoms with Crippen LogP contribution in [0.5, 0.6) is 5.75 Å². The molecule has 9 nitrogen and oxygen atoms in total. The minimum atomic E-state index is -0.286. The molecule has 2 aliphatic rings. The Bertz CT molecular complexity index is 1360. The molecule has 40 heavy (non-hydrogen) atoms.